The Labute approximate surface area is 69.4 Å². The van der Waals surface area contributed by atoms with Gasteiger partial charge in [-0.05, 0) is 0 Å². The number of Topliss-reactive ketones (excluding diaryl/α,β-unsaturated/α-hetero) is 1. The molecule has 0 fully saturated rings. The molecule has 0 unspecified atom stereocenters. The number of ketones is 1. The zero-order chi connectivity index (χ0) is 5.86. The number of rotatable bonds is 2. The Hall–Kier alpha value is 0.140. The SMILES string of the molecule is [13CH3][13CH2][13C](=O)[13C](=O)[O-].[Na+]. The van der Waals surface area contributed by atoms with E-state index in [1.165, 1.54) is 6.92 Å². The predicted molar refractivity (Wildman–Crippen MR) is 20.3 cm³/mol. The second-order valence-electron chi connectivity index (χ2n) is 1.06. The molecule has 8 heavy (non-hydrogen) atoms. The van der Waals surface area contributed by atoms with Crippen LogP contribution in [0.3, 0.4) is 0 Å². The molecule has 0 aliphatic rings. The molecule has 3 nitrogen and oxygen atoms in total. The molecule has 0 N–H and O–H groups in total. The van der Waals surface area contributed by atoms with Gasteiger partial charge in [0.1, 0.15) is 5.97 Å². The number of hydrogen-bond acceptors (Lipinski definition) is 3. The number of carbonyl (C=O) groups excluding carboxylic acids is 2. The molecule has 0 atom stereocenters. The normalized spacial score (nSPS) is 7.12. The van der Waals surface area contributed by atoms with Crippen LogP contribution in [0.25, 0.3) is 0 Å². The van der Waals surface area contributed by atoms with Crippen molar-refractivity contribution in [3.05, 3.63) is 0 Å². The first-order chi connectivity index (χ1) is 3.18. The van der Waals surface area contributed by atoms with E-state index in [2.05, 4.69) is 0 Å². The first-order valence-corrected chi connectivity index (χ1v) is 1.92. The fourth-order valence-corrected chi connectivity index (χ4v) is 0.144. The minimum absolute atomic E-state index is 0. The Morgan fingerprint density at radius 2 is 1.88 bits per heavy atom. The summed E-state index contributed by atoms with van der Waals surface area (Å²) < 4.78 is 0. The average Bonchev–Trinajstić information content (AvgIpc) is 1.65. The Kier molecular flexibility index (Phi) is 7.26. The summed E-state index contributed by atoms with van der Waals surface area (Å²) in [6.07, 6.45) is 0.0162. The van der Waals surface area contributed by atoms with E-state index in [0.29, 0.717) is 0 Å². The smallest absolute Gasteiger partial charge is 0.542 e. The number of carboxylic acid groups (broad SMARTS) is 1. The largest absolute Gasteiger partial charge is 1.00 e. The molecule has 0 amide bonds. The molecule has 4 heteroatoms. The van der Waals surface area contributed by atoms with Gasteiger partial charge in [-0.3, -0.25) is 4.79 Å². The van der Waals surface area contributed by atoms with Gasteiger partial charge in [-0.25, -0.2) is 0 Å². The molecule has 0 aliphatic heterocycles. The molecule has 0 radical (unpaired) electrons. The maximum atomic E-state index is 9.85. The summed E-state index contributed by atoms with van der Waals surface area (Å²) in [5, 5.41) is 9.47. The Balaban J connectivity index is 0. The number of carbonyl (C=O) groups is 2. The van der Waals surface area contributed by atoms with Crippen LogP contribution in [0.2, 0.25) is 0 Å². The number of aliphatic carboxylic acids is 1. The van der Waals surface area contributed by atoms with Crippen LogP contribution < -0.4 is 34.7 Å². The summed E-state index contributed by atoms with van der Waals surface area (Å²) in [6.45, 7) is 1.47. The zero-order valence-electron chi connectivity index (χ0n) is 4.93. The van der Waals surface area contributed by atoms with Crippen LogP contribution in [-0.2, 0) is 9.59 Å². The minimum atomic E-state index is -1.59. The van der Waals surface area contributed by atoms with Crippen molar-refractivity contribution in [1.82, 2.24) is 0 Å². The van der Waals surface area contributed by atoms with Crippen LogP contribution in [0.4, 0.5) is 0 Å². The molecule has 0 rings (SSSR count). The number of hydrogen-bond donors (Lipinski definition) is 0. The second kappa shape index (κ2) is 5.28. The van der Waals surface area contributed by atoms with Gasteiger partial charge in [0, 0.05) is 6.42 Å². The van der Waals surface area contributed by atoms with Gasteiger partial charge in [0.05, 0.1) is 0 Å². The van der Waals surface area contributed by atoms with Crippen LogP contribution >= 0.6 is 0 Å². The molecule has 0 spiro atoms. The van der Waals surface area contributed by atoms with Gasteiger partial charge in [0.15, 0.2) is 5.78 Å². The van der Waals surface area contributed by atoms with E-state index in [-0.39, 0.29) is 36.0 Å². The first kappa shape index (κ1) is 11.0. The molecule has 0 aromatic rings. The first-order valence-electron chi connectivity index (χ1n) is 1.92. The predicted octanol–water partition coefficient (Wildman–Crippen LogP) is -4.28. The molecule has 40 valence electrons. The summed E-state index contributed by atoms with van der Waals surface area (Å²) >= 11 is 0. The van der Waals surface area contributed by atoms with Crippen LogP contribution in [0.5, 0.6) is 0 Å². The summed E-state index contributed by atoms with van der Waals surface area (Å²) in [5.41, 5.74) is 0. The van der Waals surface area contributed by atoms with Crippen LogP contribution in [0.15, 0.2) is 0 Å². The molecular weight excluding hydrogens is 123 g/mol. The molecule has 0 aromatic carbocycles. The van der Waals surface area contributed by atoms with Gasteiger partial charge in [-0.2, -0.15) is 0 Å². The van der Waals surface area contributed by atoms with E-state index >= 15 is 0 Å². The molecular formula is C4H5NaO3. The van der Waals surface area contributed by atoms with Crippen molar-refractivity contribution in [2.45, 2.75) is 13.3 Å². The fraction of sp³-hybridized carbons (Fsp3) is 0.500. The minimum Gasteiger partial charge on any atom is -0.542 e. The monoisotopic (exact) mass is 128 g/mol. The zero-order valence-corrected chi connectivity index (χ0v) is 6.93. The van der Waals surface area contributed by atoms with Gasteiger partial charge in [-0.15, -0.1) is 0 Å². The fourth-order valence-electron chi connectivity index (χ4n) is 0.144. The van der Waals surface area contributed by atoms with E-state index in [1.807, 2.05) is 0 Å². The topological polar surface area (TPSA) is 57.2 Å². The average molecular weight is 128 g/mol. The van der Waals surface area contributed by atoms with E-state index < -0.39 is 11.8 Å². The van der Waals surface area contributed by atoms with Gasteiger partial charge in [0.2, 0.25) is 0 Å². The van der Waals surface area contributed by atoms with Crippen molar-refractivity contribution >= 4 is 11.8 Å². The summed E-state index contributed by atoms with van der Waals surface area (Å²) in [7, 11) is 0. The van der Waals surface area contributed by atoms with Crippen LogP contribution in [0.1, 0.15) is 13.3 Å². The molecule has 0 saturated carbocycles. The molecule has 0 bridgehead atoms. The van der Waals surface area contributed by atoms with Crippen molar-refractivity contribution < 1.29 is 44.3 Å². The van der Waals surface area contributed by atoms with E-state index in [4.69, 9.17) is 0 Å². The maximum absolute atomic E-state index is 9.85. The van der Waals surface area contributed by atoms with Crippen molar-refractivity contribution in [3.8, 4) is 0 Å². The molecule has 0 saturated heterocycles. The van der Waals surface area contributed by atoms with E-state index in [9.17, 15) is 14.7 Å². The number of carboxylic acids is 1. The van der Waals surface area contributed by atoms with E-state index in [1.54, 1.807) is 0 Å². The molecule has 0 aromatic heterocycles. The Bertz CT molecular complexity index is 99.5. The van der Waals surface area contributed by atoms with Crippen molar-refractivity contribution in [1.29, 1.82) is 0 Å². The third kappa shape index (κ3) is 4.30. The van der Waals surface area contributed by atoms with Gasteiger partial charge in [0.25, 0.3) is 0 Å². The van der Waals surface area contributed by atoms with Crippen LogP contribution in [-0.4, -0.2) is 11.8 Å². The summed E-state index contributed by atoms with van der Waals surface area (Å²) in [6, 6.07) is 0. The van der Waals surface area contributed by atoms with Crippen molar-refractivity contribution in [2.24, 2.45) is 0 Å². The maximum Gasteiger partial charge on any atom is 1.00 e. The standard InChI is InChI=1S/C4H6O3.Na/c1-2-3(5)4(6)7;/h2H2,1H3,(H,6,7);/q;+1/p-1/i1+1,2+1,3+1,4+1;. The second-order valence-corrected chi connectivity index (χ2v) is 1.06. The third-order valence-electron chi connectivity index (χ3n) is 0.549. The Morgan fingerprint density at radius 1 is 1.50 bits per heavy atom. The van der Waals surface area contributed by atoms with Gasteiger partial charge in [-0.1, -0.05) is 6.92 Å². The summed E-state index contributed by atoms with van der Waals surface area (Å²) in [4.78, 5) is 19.3. The third-order valence-corrected chi connectivity index (χ3v) is 0.549. The van der Waals surface area contributed by atoms with Crippen molar-refractivity contribution in [2.75, 3.05) is 0 Å². The van der Waals surface area contributed by atoms with E-state index in [0.717, 1.165) is 0 Å². The Morgan fingerprint density at radius 3 is 1.88 bits per heavy atom. The quantitative estimate of drug-likeness (QED) is 0.215. The van der Waals surface area contributed by atoms with Gasteiger partial charge >= 0.3 is 29.6 Å². The molecule has 0 heterocycles. The summed E-state index contributed by atoms with van der Waals surface area (Å²) in [5.74, 6) is -2.44. The molecule has 0 aliphatic carbocycles. The van der Waals surface area contributed by atoms with Gasteiger partial charge < -0.3 is 9.90 Å². The van der Waals surface area contributed by atoms with Crippen LogP contribution in [0, 0.1) is 0 Å². The van der Waals surface area contributed by atoms with Crippen molar-refractivity contribution in [3.63, 3.8) is 0 Å².